The zero-order chi connectivity index (χ0) is 17.7. The Morgan fingerprint density at radius 1 is 1.13 bits per heavy atom. The van der Waals surface area contributed by atoms with E-state index in [1.165, 1.54) is 12.8 Å². The lowest BCUT2D eigenvalue weighted by Crippen LogP contribution is -2.39. The topological polar surface area (TPSA) is 26.3 Å². The van der Waals surface area contributed by atoms with E-state index >= 15 is 0 Å². The maximum absolute atomic E-state index is 13.1. The van der Waals surface area contributed by atoms with E-state index < -0.39 is 0 Å². The molecule has 1 aliphatic heterocycles. The van der Waals surface area contributed by atoms with Gasteiger partial charge in [0.1, 0.15) is 10.9 Å². The molecule has 134 valence electrons. The molecule has 0 amide bonds. The lowest BCUT2D eigenvalue weighted by Gasteiger charge is -2.30. The first-order valence-electron chi connectivity index (χ1n) is 9.18. The van der Waals surface area contributed by atoms with Gasteiger partial charge >= 0.3 is 5.97 Å². The van der Waals surface area contributed by atoms with Crippen molar-refractivity contribution >= 4 is 17.7 Å². The molecule has 0 aromatic rings. The summed E-state index contributed by atoms with van der Waals surface area (Å²) < 4.78 is 5.77. The number of rotatable bonds is 3. The van der Waals surface area contributed by atoms with E-state index in [0.29, 0.717) is 0 Å². The summed E-state index contributed by atoms with van der Waals surface area (Å²) in [6.45, 7) is 18.0. The van der Waals surface area contributed by atoms with Crippen LogP contribution in [0.15, 0.2) is 0 Å². The van der Waals surface area contributed by atoms with Gasteiger partial charge in [0, 0.05) is 4.75 Å². The van der Waals surface area contributed by atoms with Crippen LogP contribution < -0.4 is 0 Å². The number of ether oxygens (including phenoxy) is 1. The third-order valence-electron chi connectivity index (χ3n) is 5.41. The molecule has 0 aromatic heterocycles. The van der Waals surface area contributed by atoms with E-state index in [2.05, 4.69) is 55.4 Å². The van der Waals surface area contributed by atoms with Crippen molar-refractivity contribution in [2.24, 2.45) is 16.7 Å². The minimum Gasteiger partial charge on any atom is -0.461 e. The SMILES string of the molecule is CC1CCC(OC(=O)C2(CC(C)(C)C)SC2(C)C)CC(C)(C)C1. The summed E-state index contributed by atoms with van der Waals surface area (Å²) in [6.07, 6.45) is 5.41. The lowest BCUT2D eigenvalue weighted by atomic mass is 9.79. The van der Waals surface area contributed by atoms with Crippen molar-refractivity contribution in [3.63, 3.8) is 0 Å². The maximum atomic E-state index is 13.1. The fourth-order valence-electron chi connectivity index (χ4n) is 4.43. The van der Waals surface area contributed by atoms with E-state index in [9.17, 15) is 4.79 Å². The van der Waals surface area contributed by atoms with Gasteiger partial charge in [-0.3, -0.25) is 4.79 Å². The summed E-state index contributed by atoms with van der Waals surface area (Å²) >= 11 is 1.80. The van der Waals surface area contributed by atoms with E-state index in [-0.39, 0.29) is 32.4 Å². The molecular weight excluding hydrogens is 304 g/mol. The van der Waals surface area contributed by atoms with Gasteiger partial charge in [-0.05, 0) is 62.7 Å². The van der Waals surface area contributed by atoms with Crippen molar-refractivity contribution in [1.29, 1.82) is 0 Å². The Balaban J connectivity index is 2.08. The molecule has 0 aromatic carbocycles. The summed E-state index contributed by atoms with van der Waals surface area (Å²) in [6, 6.07) is 0. The number of carbonyl (C=O) groups excluding carboxylic acids is 1. The van der Waals surface area contributed by atoms with Crippen LogP contribution in [0.5, 0.6) is 0 Å². The minimum absolute atomic E-state index is 0.00486. The normalized spacial score (nSPS) is 36.2. The molecule has 0 spiro atoms. The highest BCUT2D eigenvalue weighted by Gasteiger charge is 2.69. The third-order valence-corrected chi connectivity index (χ3v) is 7.23. The van der Waals surface area contributed by atoms with Crippen LogP contribution in [0.2, 0.25) is 0 Å². The molecule has 2 rings (SSSR count). The van der Waals surface area contributed by atoms with Crippen molar-refractivity contribution in [1.82, 2.24) is 0 Å². The van der Waals surface area contributed by atoms with Crippen LogP contribution in [0.25, 0.3) is 0 Å². The predicted molar refractivity (Wildman–Crippen MR) is 99.8 cm³/mol. The first-order valence-corrected chi connectivity index (χ1v) is 9.99. The fraction of sp³-hybridized carbons (Fsp3) is 0.950. The quantitative estimate of drug-likeness (QED) is 0.367. The maximum Gasteiger partial charge on any atom is 0.323 e. The van der Waals surface area contributed by atoms with Crippen LogP contribution in [-0.2, 0) is 9.53 Å². The van der Waals surface area contributed by atoms with E-state index in [1.54, 1.807) is 11.8 Å². The second-order valence-corrected chi connectivity index (χ2v) is 12.4. The van der Waals surface area contributed by atoms with Gasteiger partial charge in [-0.2, -0.15) is 0 Å². The van der Waals surface area contributed by atoms with Crippen LogP contribution in [0, 0.1) is 16.7 Å². The summed E-state index contributed by atoms with van der Waals surface area (Å²) in [5.41, 5.74) is 0.404. The highest BCUT2D eigenvalue weighted by Crippen LogP contribution is 2.68. The Morgan fingerprint density at radius 3 is 2.17 bits per heavy atom. The first kappa shape index (κ1) is 19.1. The van der Waals surface area contributed by atoms with Crippen LogP contribution in [-0.4, -0.2) is 21.6 Å². The highest BCUT2D eigenvalue weighted by molar-refractivity contribution is 8.10. The molecular formula is C20H36O2S. The molecule has 1 aliphatic carbocycles. The molecule has 1 saturated heterocycles. The van der Waals surface area contributed by atoms with Gasteiger partial charge in [0.05, 0.1) is 0 Å². The minimum atomic E-state index is -0.340. The Labute approximate surface area is 147 Å². The van der Waals surface area contributed by atoms with Crippen LogP contribution >= 0.6 is 11.8 Å². The van der Waals surface area contributed by atoms with Crippen molar-refractivity contribution in [3.8, 4) is 0 Å². The first-order chi connectivity index (χ1) is 10.3. The Bertz CT molecular complexity index is 461. The van der Waals surface area contributed by atoms with Gasteiger partial charge in [-0.15, -0.1) is 11.8 Å². The zero-order valence-corrected chi connectivity index (χ0v) is 17.2. The third kappa shape index (κ3) is 4.46. The van der Waals surface area contributed by atoms with Crippen molar-refractivity contribution in [2.75, 3.05) is 0 Å². The van der Waals surface area contributed by atoms with Crippen molar-refractivity contribution in [2.45, 2.75) is 103 Å². The van der Waals surface area contributed by atoms with Gasteiger partial charge in [0.2, 0.25) is 0 Å². The van der Waals surface area contributed by atoms with Crippen LogP contribution in [0.3, 0.4) is 0 Å². The Morgan fingerprint density at radius 2 is 1.70 bits per heavy atom. The molecule has 2 aliphatic rings. The molecule has 1 saturated carbocycles. The molecule has 23 heavy (non-hydrogen) atoms. The largest absolute Gasteiger partial charge is 0.461 e. The van der Waals surface area contributed by atoms with Gasteiger partial charge in [-0.1, -0.05) is 41.5 Å². The number of carbonyl (C=O) groups is 1. The van der Waals surface area contributed by atoms with E-state index in [0.717, 1.165) is 25.2 Å². The predicted octanol–water partition coefficient (Wildman–Crippen LogP) is 5.83. The van der Waals surface area contributed by atoms with E-state index in [1.807, 2.05) is 0 Å². The Kier molecular flexibility index (Phi) is 4.97. The van der Waals surface area contributed by atoms with Gasteiger partial charge in [0.15, 0.2) is 0 Å². The molecule has 3 atom stereocenters. The molecule has 0 radical (unpaired) electrons. The molecule has 1 heterocycles. The monoisotopic (exact) mass is 340 g/mol. The number of esters is 1. The molecule has 3 unspecified atom stereocenters. The van der Waals surface area contributed by atoms with Crippen molar-refractivity contribution in [3.05, 3.63) is 0 Å². The molecule has 2 nitrogen and oxygen atoms in total. The Hall–Kier alpha value is -0.180. The van der Waals surface area contributed by atoms with Gasteiger partial charge < -0.3 is 4.74 Å². The lowest BCUT2D eigenvalue weighted by molar-refractivity contribution is -0.153. The average Bonchev–Trinajstić information content (AvgIpc) is 2.88. The number of thioether (sulfide) groups is 1. The average molecular weight is 341 g/mol. The highest BCUT2D eigenvalue weighted by atomic mass is 32.2. The van der Waals surface area contributed by atoms with Crippen molar-refractivity contribution < 1.29 is 9.53 Å². The van der Waals surface area contributed by atoms with Gasteiger partial charge in [0.25, 0.3) is 0 Å². The second-order valence-electron chi connectivity index (χ2n) is 10.5. The standard InChI is InChI=1S/C20H36O2S/c1-14-9-10-15(12-18(5,6)11-14)22-16(21)20(13-17(2,3)4)19(7,8)23-20/h14-15H,9-13H2,1-8H3. The molecule has 0 N–H and O–H groups in total. The fourth-order valence-corrected chi connectivity index (χ4v) is 6.04. The van der Waals surface area contributed by atoms with Crippen LogP contribution in [0.4, 0.5) is 0 Å². The summed E-state index contributed by atoms with van der Waals surface area (Å²) in [5.74, 6) is 0.766. The zero-order valence-electron chi connectivity index (χ0n) is 16.4. The molecule has 3 heteroatoms. The number of hydrogen-bond acceptors (Lipinski definition) is 3. The second kappa shape index (κ2) is 5.97. The smallest absolute Gasteiger partial charge is 0.323 e. The number of hydrogen-bond donors (Lipinski definition) is 0. The molecule has 2 fully saturated rings. The van der Waals surface area contributed by atoms with Crippen LogP contribution in [0.1, 0.15) is 87.5 Å². The van der Waals surface area contributed by atoms with Gasteiger partial charge in [-0.25, -0.2) is 0 Å². The summed E-state index contributed by atoms with van der Waals surface area (Å²) in [7, 11) is 0. The summed E-state index contributed by atoms with van der Waals surface area (Å²) in [5, 5.41) is 0. The molecule has 0 bridgehead atoms. The van der Waals surface area contributed by atoms with E-state index in [4.69, 9.17) is 4.74 Å². The summed E-state index contributed by atoms with van der Waals surface area (Å²) in [4.78, 5) is 13.1.